The van der Waals surface area contributed by atoms with Crippen molar-refractivity contribution in [2.45, 2.75) is 49.9 Å². The van der Waals surface area contributed by atoms with Gasteiger partial charge in [-0.2, -0.15) is 0 Å². The first-order valence-electron chi connectivity index (χ1n) is 8.28. The lowest BCUT2D eigenvalue weighted by Crippen LogP contribution is -2.82. The van der Waals surface area contributed by atoms with Gasteiger partial charge in [-0.3, -0.25) is 19.2 Å². The summed E-state index contributed by atoms with van der Waals surface area (Å²) in [5.41, 5.74) is -10.6. The Morgan fingerprint density at radius 1 is 1.07 bits per heavy atom. The Kier molecular flexibility index (Phi) is 5.82. The summed E-state index contributed by atoms with van der Waals surface area (Å²) in [6.45, 7) is 3.91. The zero-order valence-electron chi connectivity index (χ0n) is 15.8. The maximum atomic E-state index is 12.4. The zero-order valence-corrected chi connectivity index (χ0v) is 16.6. The predicted molar refractivity (Wildman–Crippen MR) is 98.0 cm³/mol. The minimum atomic E-state index is -3.16. The van der Waals surface area contributed by atoms with E-state index in [0.29, 0.717) is 11.8 Å². The van der Waals surface area contributed by atoms with Gasteiger partial charge in [-0.05, 0) is 32.9 Å². The van der Waals surface area contributed by atoms with Crippen molar-refractivity contribution < 1.29 is 39.2 Å². The molecule has 2 heterocycles. The number of carbonyl (C=O) groups excluding carboxylic acids is 4. The largest absolute Gasteiger partial charge is 0.474 e. The second-order valence-corrected chi connectivity index (χ2v) is 7.72. The van der Waals surface area contributed by atoms with E-state index in [-0.39, 0.29) is 11.4 Å². The molecule has 1 saturated heterocycles. The third-order valence-corrected chi connectivity index (χ3v) is 6.23. The van der Waals surface area contributed by atoms with Crippen LogP contribution in [0.4, 0.5) is 0 Å². The molecule has 0 spiro atoms. The van der Waals surface area contributed by atoms with Crippen LogP contribution in [-0.2, 0) is 14.4 Å². The molecule has 1 aliphatic heterocycles. The van der Waals surface area contributed by atoms with E-state index in [1.54, 1.807) is 0 Å². The molecule has 0 saturated carbocycles. The number of pyridine rings is 1. The molecule has 4 atom stereocenters. The topological polar surface area (TPSA) is 151 Å². The highest BCUT2D eigenvalue weighted by Crippen LogP contribution is 2.49. The van der Waals surface area contributed by atoms with E-state index >= 15 is 0 Å². The number of hydrogen-bond acceptors (Lipinski definition) is 10. The second-order valence-electron chi connectivity index (χ2n) is 6.67. The predicted octanol–water partition coefficient (Wildman–Crippen LogP) is -0.304. The van der Waals surface area contributed by atoms with E-state index < -0.39 is 51.1 Å². The van der Waals surface area contributed by atoms with E-state index in [0.717, 1.165) is 20.8 Å². The van der Waals surface area contributed by atoms with Gasteiger partial charge in [0.05, 0.1) is 0 Å². The number of rotatable bonds is 6. The lowest BCUT2D eigenvalue weighted by Gasteiger charge is -2.54. The van der Waals surface area contributed by atoms with Crippen LogP contribution in [0.15, 0.2) is 18.3 Å². The molecule has 1 aromatic rings. The summed E-state index contributed by atoms with van der Waals surface area (Å²) in [6, 6.07) is 2.81. The molecule has 0 aromatic carbocycles. The van der Waals surface area contributed by atoms with Crippen LogP contribution >= 0.6 is 11.8 Å². The number of aliphatic hydroxyl groups is 3. The molecule has 1 aliphatic rings. The van der Waals surface area contributed by atoms with Crippen LogP contribution in [0.2, 0.25) is 0 Å². The third kappa shape index (κ3) is 2.96. The first-order valence-corrected chi connectivity index (χ1v) is 9.33. The van der Waals surface area contributed by atoms with E-state index in [4.69, 9.17) is 4.74 Å². The van der Waals surface area contributed by atoms with Gasteiger partial charge in [0.2, 0.25) is 5.60 Å². The lowest BCUT2D eigenvalue weighted by molar-refractivity contribution is -0.236. The average Bonchev–Trinajstić information content (AvgIpc) is 2.61. The van der Waals surface area contributed by atoms with Crippen molar-refractivity contribution in [1.29, 1.82) is 0 Å². The molecular weight excluding hydrogens is 390 g/mol. The maximum Gasteiger partial charge on any atom is 0.208 e. The molecule has 1 fully saturated rings. The quantitative estimate of drug-likeness (QED) is 0.532. The van der Waals surface area contributed by atoms with Gasteiger partial charge < -0.3 is 20.1 Å². The van der Waals surface area contributed by atoms with Gasteiger partial charge in [0.25, 0.3) is 0 Å². The summed E-state index contributed by atoms with van der Waals surface area (Å²) < 4.78 is 5.62. The fourth-order valence-corrected chi connectivity index (χ4v) is 4.78. The molecule has 10 heteroatoms. The molecule has 0 radical (unpaired) electrons. The number of thioether (sulfide) groups is 1. The Hall–Kier alpha value is -2.14. The van der Waals surface area contributed by atoms with Gasteiger partial charge in [0.15, 0.2) is 45.5 Å². The molecule has 2 rings (SSSR count). The smallest absolute Gasteiger partial charge is 0.208 e. The molecule has 0 bridgehead atoms. The first kappa shape index (κ1) is 22.2. The van der Waals surface area contributed by atoms with Crippen molar-refractivity contribution in [2.75, 3.05) is 5.75 Å². The van der Waals surface area contributed by atoms with Crippen LogP contribution in [-0.4, -0.2) is 71.4 Å². The van der Waals surface area contributed by atoms with E-state index in [9.17, 15) is 34.5 Å². The summed E-state index contributed by atoms with van der Waals surface area (Å²) in [6.07, 6.45) is 1.34. The van der Waals surface area contributed by atoms with Gasteiger partial charge in [-0.15, -0.1) is 11.8 Å². The number of aromatic nitrogens is 1. The molecule has 1 aromatic heterocycles. The molecule has 0 amide bonds. The highest BCUT2D eigenvalue weighted by molar-refractivity contribution is 8.00. The number of carbonyl (C=O) groups is 4. The fourth-order valence-electron chi connectivity index (χ4n) is 3.23. The Morgan fingerprint density at radius 2 is 1.68 bits per heavy atom. The van der Waals surface area contributed by atoms with Crippen LogP contribution in [0.25, 0.3) is 0 Å². The molecule has 9 nitrogen and oxygen atoms in total. The molecule has 28 heavy (non-hydrogen) atoms. The number of ether oxygens (including phenoxy) is 1. The molecule has 0 unspecified atom stereocenters. The summed E-state index contributed by atoms with van der Waals surface area (Å²) in [4.78, 5) is 52.4. The third-order valence-electron chi connectivity index (χ3n) is 4.90. The van der Waals surface area contributed by atoms with Gasteiger partial charge in [-0.25, -0.2) is 4.98 Å². The zero-order chi connectivity index (χ0) is 21.5. The highest BCUT2D eigenvalue weighted by atomic mass is 32.2. The van der Waals surface area contributed by atoms with Crippen LogP contribution in [0.3, 0.4) is 0 Å². The minimum absolute atomic E-state index is 0.0900. The standard InChI is InChI=1S/C18H21NO8S/c1-9(20)14-13(6-5-7-19-14)27-15-17(25,11(3)22)18(26,12(4)23)16(24,8-28-15)10(2)21/h5-7,15,24-26H,8H2,1-4H3/t15-,16-,17-,18-/m0/s1. The van der Waals surface area contributed by atoms with E-state index in [1.807, 2.05) is 0 Å². The Morgan fingerprint density at radius 3 is 2.14 bits per heavy atom. The van der Waals surface area contributed by atoms with Crippen molar-refractivity contribution in [1.82, 2.24) is 4.98 Å². The maximum absolute atomic E-state index is 12.4. The van der Waals surface area contributed by atoms with Crippen molar-refractivity contribution in [3.8, 4) is 5.75 Å². The summed E-state index contributed by atoms with van der Waals surface area (Å²) in [5.74, 6) is -4.36. The van der Waals surface area contributed by atoms with Crippen LogP contribution in [0.1, 0.15) is 38.2 Å². The van der Waals surface area contributed by atoms with Gasteiger partial charge in [0.1, 0.15) is 5.69 Å². The lowest BCUT2D eigenvalue weighted by atomic mass is 9.65. The van der Waals surface area contributed by atoms with E-state index in [1.165, 1.54) is 25.3 Å². The van der Waals surface area contributed by atoms with Crippen molar-refractivity contribution >= 4 is 34.9 Å². The summed E-state index contributed by atoms with van der Waals surface area (Å²) >= 11 is 0.654. The Balaban J connectivity index is 2.66. The number of ketones is 4. The Bertz CT molecular complexity index is 858. The van der Waals surface area contributed by atoms with Crippen LogP contribution < -0.4 is 4.74 Å². The molecule has 3 N–H and O–H groups in total. The monoisotopic (exact) mass is 411 g/mol. The van der Waals surface area contributed by atoms with Gasteiger partial charge >= 0.3 is 0 Å². The normalized spacial score (nSPS) is 32.5. The fraction of sp³-hybridized carbons (Fsp3) is 0.500. The molecular formula is C18H21NO8S. The van der Waals surface area contributed by atoms with E-state index in [2.05, 4.69) is 4.98 Å². The highest BCUT2D eigenvalue weighted by Gasteiger charge is 2.75. The van der Waals surface area contributed by atoms with Gasteiger partial charge in [-0.1, -0.05) is 0 Å². The van der Waals surface area contributed by atoms with Crippen LogP contribution in [0, 0.1) is 0 Å². The Labute approximate surface area is 165 Å². The average molecular weight is 411 g/mol. The van der Waals surface area contributed by atoms with Crippen LogP contribution in [0.5, 0.6) is 5.75 Å². The first-order chi connectivity index (χ1) is 12.8. The molecule has 0 aliphatic carbocycles. The minimum Gasteiger partial charge on any atom is -0.474 e. The summed E-state index contributed by atoms with van der Waals surface area (Å²) in [5, 5.41) is 33.1. The van der Waals surface area contributed by atoms with Crippen molar-refractivity contribution in [3.63, 3.8) is 0 Å². The molecule has 152 valence electrons. The van der Waals surface area contributed by atoms with Crippen molar-refractivity contribution in [2.24, 2.45) is 0 Å². The number of Topliss-reactive ketones (excluding diaryl/α,β-unsaturated/α-hetero) is 4. The SMILES string of the molecule is CC(=O)c1ncccc1O[C@H]1SC[C@](O)(C(C)=O)[C@@](O)(C(C)=O)[C@]1(O)C(C)=O. The number of hydrogen-bond donors (Lipinski definition) is 3. The van der Waals surface area contributed by atoms with Crippen molar-refractivity contribution in [3.05, 3.63) is 24.0 Å². The second kappa shape index (κ2) is 7.36. The number of nitrogens with zero attached hydrogens (tertiary/aromatic N) is 1. The van der Waals surface area contributed by atoms with Gasteiger partial charge in [0, 0.05) is 18.9 Å². The summed E-state index contributed by atoms with van der Waals surface area (Å²) in [7, 11) is 0.